The van der Waals surface area contributed by atoms with Gasteiger partial charge >= 0.3 is 0 Å². The number of amides is 1. The van der Waals surface area contributed by atoms with Crippen LogP contribution in [0.25, 0.3) is 10.2 Å². The van der Waals surface area contributed by atoms with Crippen molar-refractivity contribution in [2.45, 2.75) is 19.9 Å². The van der Waals surface area contributed by atoms with E-state index >= 15 is 0 Å². The van der Waals surface area contributed by atoms with Gasteiger partial charge in [0.25, 0.3) is 5.91 Å². The molecule has 4 aromatic rings. The van der Waals surface area contributed by atoms with Gasteiger partial charge in [-0.1, -0.05) is 36.5 Å². The molecule has 0 aliphatic rings. The van der Waals surface area contributed by atoms with Crippen LogP contribution in [-0.4, -0.2) is 23.0 Å². The third-order valence-electron chi connectivity index (χ3n) is 4.69. The van der Waals surface area contributed by atoms with Gasteiger partial charge in [-0.05, 0) is 54.4 Å². The zero-order chi connectivity index (χ0) is 20.2. The number of anilines is 1. The number of benzene rings is 2. The number of methoxy groups -OCH3 is 1. The maximum atomic E-state index is 13.4. The molecule has 6 heteroatoms. The lowest BCUT2D eigenvalue weighted by atomic mass is 10.2. The fraction of sp³-hybridized carbons (Fsp3) is 0.174. The smallest absolute Gasteiger partial charge is 0.260 e. The van der Waals surface area contributed by atoms with Crippen molar-refractivity contribution in [2.24, 2.45) is 0 Å². The minimum Gasteiger partial charge on any atom is -0.497 e. The third kappa shape index (κ3) is 4.12. The van der Waals surface area contributed by atoms with Crippen LogP contribution in [0, 0.1) is 0 Å². The summed E-state index contributed by atoms with van der Waals surface area (Å²) >= 11 is 1.52. The summed E-state index contributed by atoms with van der Waals surface area (Å²) in [5.74, 6) is 0.509. The highest BCUT2D eigenvalue weighted by Gasteiger charge is 2.22. The van der Waals surface area contributed by atoms with Crippen molar-refractivity contribution in [1.29, 1.82) is 0 Å². The SMILES string of the molecule is CCc1ccc2nc(N(Cc3ccccn3)C(=O)c3cccc(OC)c3)sc2c1. The maximum Gasteiger partial charge on any atom is 0.260 e. The number of carbonyl (C=O) groups excluding carboxylic acids is 1. The highest BCUT2D eigenvalue weighted by atomic mass is 32.1. The molecular formula is C23H21N3O2S. The number of carbonyl (C=O) groups is 1. The summed E-state index contributed by atoms with van der Waals surface area (Å²) in [6.45, 7) is 2.47. The molecule has 0 aliphatic carbocycles. The normalized spacial score (nSPS) is 10.8. The lowest BCUT2D eigenvalue weighted by molar-refractivity contribution is 0.0984. The van der Waals surface area contributed by atoms with E-state index in [9.17, 15) is 4.79 Å². The largest absolute Gasteiger partial charge is 0.497 e. The van der Waals surface area contributed by atoms with E-state index in [2.05, 4.69) is 24.0 Å². The van der Waals surface area contributed by atoms with Crippen molar-refractivity contribution < 1.29 is 9.53 Å². The Hall–Kier alpha value is -3.25. The van der Waals surface area contributed by atoms with Crippen molar-refractivity contribution in [2.75, 3.05) is 12.0 Å². The van der Waals surface area contributed by atoms with Crippen molar-refractivity contribution in [3.8, 4) is 5.75 Å². The van der Waals surface area contributed by atoms with Crippen LogP contribution in [0.3, 0.4) is 0 Å². The second-order valence-electron chi connectivity index (χ2n) is 6.60. The van der Waals surface area contributed by atoms with E-state index in [1.54, 1.807) is 30.3 Å². The lowest BCUT2D eigenvalue weighted by Gasteiger charge is -2.20. The first-order chi connectivity index (χ1) is 14.2. The van der Waals surface area contributed by atoms with Crippen LogP contribution in [-0.2, 0) is 13.0 Å². The Morgan fingerprint density at radius 2 is 2.00 bits per heavy atom. The standard InChI is InChI=1S/C23H21N3O2S/c1-3-16-10-11-20-21(13-16)29-23(25-20)26(15-18-8-4-5-12-24-18)22(27)17-7-6-9-19(14-17)28-2/h4-14H,3,15H2,1-2H3. The molecule has 0 bridgehead atoms. The van der Waals surface area contributed by atoms with Crippen LogP contribution in [0.2, 0.25) is 0 Å². The van der Waals surface area contributed by atoms with E-state index in [0.717, 1.165) is 22.3 Å². The Kier molecular flexibility index (Phi) is 5.53. The molecule has 2 aromatic heterocycles. The maximum absolute atomic E-state index is 13.4. The number of hydrogen-bond donors (Lipinski definition) is 0. The van der Waals surface area contributed by atoms with Gasteiger partial charge in [-0.25, -0.2) is 4.98 Å². The van der Waals surface area contributed by atoms with E-state index in [0.29, 0.717) is 23.0 Å². The summed E-state index contributed by atoms with van der Waals surface area (Å²) in [7, 11) is 1.59. The minimum absolute atomic E-state index is 0.135. The Labute approximate surface area is 173 Å². The summed E-state index contributed by atoms with van der Waals surface area (Å²) in [5.41, 5.74) is 3.50. The minimum atomic E-state index is -0.135. The first-order valence-corrected chi connectivity index (χ1v) is 10.2. The number of rotatable bonds is 6. The first kappa shape index (κ1) is 19.1. The van der Waals surface area contributed by atoms with Crippen molar-refractivity contribution in [1.82, 2.24) is 9.97 Å². The van der Waals surface area contributed by atoms with Gasteiger partial charge in [0.15, 0.2) is 5.13 Å². The first-order valence-electron chi connectivity index (χ1n) is 9.43. The van der Waals surface area contributed by atoms with Crippen LogP contribution in [0.4, 0.5) is 5.13 Å². The van der Waals surface area contributed by atoms with Crippen LogP contribution in [0.5, 0.6) is 5.75 Å². The molecule has 1 amide bonds. The van der Waals surface area contributed by atoms with E-state index in [1.165, 1.54) is 16.9 Å². The van der Waals surface area contributed by atoms with Gasteiger partial charge < -0.3 is 4.74 Å². The van der Waals surface area contributed by atoms with Crippen molar-refractivity contribution in [3.05, 3.63) is 83.7 Å². The second kappa shape index (κ2) is 8.41. The molecular weight excluding hydrogens is 382 g/mol. The molecule has 0 unspecified atom stereocenters. The lowest BCUT2D eigenvalue weighted by Crippen LogP contribution is -2.30. The fourth-order valence-electron chi connectivity index (χ4n) is 3.08. The molecule has 4 rings (SSSR count). The second-order valence-corrected chi connectivity index (χ2v) is 7.61. The molecule has 0 saturated carbocycles. The van der Waals surface area contributed by atoms with Gasteiger partial charge in [-0.15, -0.1) is 0 Å². The topological polar surface area (TPSA) is 55.3 Å². The van der Waals surface area contributed by atoms with Gasteiger partial charge in [-0.2, -0.15) is 0 Å². The van der Waals surface area contributed by atoms with Gasteiger partial charge in [-0.3, -0.25) is 14.7 Å². The Bertz CT molecular complexity index is 1140. The van der Waals surface area contributed by atoms with E-state index in [1.807, 2.05) is 36.4 Å². The molecule has 0 N–H and O–H groups in total. The monoisotopic (exact) mass is 403 g/mol. The van der Waals surface area contributed by atoms with E-state index in [-0.39, 0.29) is 5.91 Å². The zero-order valence-corrected chi connectivity index (χ0v) is 17.1. The fourth-order valence-corrected chi connectivity index (χ4v) is 4.11. The molecule has 0 fully saturated rings. The van der Waals surface area contributed by atoms with Crippen LogP contribution in [0.1, 0.15) is 28.5 Å². The molecule has 0 spiro atoms. The number of pyridine rings is 1. The third-order valence-corrected chi connectivity index (χ3v) is 5.73. The van der Waals surface area contributed by atoms with Crippen LogP contribution >= 0.6 is 11.3 Å². The molecule has 2 heterocycles. The predicted octanol–water partition coefficient (Wildman–Crippen LogP) is 5.11. The number of fused-ring (bicyclic) bond motifs is 1. The van der Waals surface area contributed by atoms with Gasteiger partial charge in [0.2, 0.25) is 0 Å². The summed E-state index contributed by atoms with van der Waals surface area (Å²) in [6.07, 6.45) is 2.69. The number of hydrogen-bond acceptors (Lipinski definition) is 5. The Morgan fingerprint density at radius 3 is 2.76 bits per heavy atom. The molecule has 5 nitrogen and oxygen atoms in total. The molecule has 146 valence electrons. The summed E-state index contributed by atoms with van der Waals surface area (Å²) < 4.78 is 6.36. The van der Waals surface area contributed by atoms with E-state index < -0.39 is 0 Å². The number of aryl methyl sites for hydroxylation is 1. The average molecular weight is 404 g/mol. The molecule has 0 aliphatic heterocycles. The number of nitrogens with zero attached hydrogens (tertiary/aromatic N) is 3. The number of aromatic nitrogens is 2. The highest BCUT2D eigenvalue weighted by molar-refractivity contribution is 7.22. The average Bonchev–Trinajstić information content (AvgIpc) is 3.20. The van der Waals surface area contributed by atoms with Gasteiger partial charge in [0.05, 0.1) is 29.6 Å². The predicted molar refractivity (Wildman–Crippen MR) is 117 cm³/mol. The molecule has 0 atom stereocenters. The Balaban J connectivity index is 1.76. The summed E-state index contributed by atoms with van der Waals surface area (Å²) in [5, 5.41) is 0.659. The zero-order valence-electron chi connectivity index (χ0n) is 16.3. The van der Waals surface area contributed by atoms with Crippen molar-refractivity contribution >= 4 is 32.6 Å². The van der Waals surface area contributed by atoms with Crippen LogP contribution in [0.15, 0.2) is 66.9 Å². The number of ether oxygens (including phenoxy) is 1. The molecule has 0 saturated heterocycles. The molecule has 0 radical (unpaired) electrons. The van der Waals surface area contributed by atoms with E-state index in [4.69, 9.17) is 9.72 Å². The summed E-state index contributed by atoms with van der Waals surface area (Å²) in [4.78, 5) is 24.2. The Morgan fingerprint density at radius 1 is 1.10 bits per heavy atom. The van der Waals surface area contributed by atoms with Gasteiger partial charge in [0, 0.05) is 11.8 Å². The van der Waals surface area contributed by atoms with Gasteiger partial charge in [0.1, 0.15) is 5.75 Å². The summed E-state index contributed by atoms with van der Waals surface area (Å²) in [6, 6.07) is 19.1. The highest BCUT2D eigenvalue weighted by Crippen LogP contribution is 2.31. The van der Waals surface area contributed by atoms with Crippen molar-refractivity contribution in [3.63, 3.8) is 0 Å². The van der Waals surface area contributed by atoms with Crippen LogP contribution < -0.4 is 9.64 Å². The molecule has 2 aromatic carbocycles. The molecule has 29 heavy (non-hydrogen) atoms. The quantitative estimate of drug-likeness (QED) is 0.449. The number of thiazole rings is 1.